The summed E-state index contributed by atoms with van der Waals surface area (Å²) in [5, 5.41) is 4.40. The minimum absolute atomic E-state index is 0.0419. The lowest BCUT2D eigenvalue weighted by atomic mass is 10.0. The molecule has 0 bridgehead atoms. The Bertz CT molecular complexity index is 741. The zero-order valence-electron chi connectivity index (χ0n) is 14.8. The lowest BCUT2D eigenvalue weighted by Gasteiger charge is -2.41. The molecule has 2 aromatic rings. The Morgan fingerprint density at radius 3 is 2.60 bits per heavy atom. The van der Waals surface area contributed by atoms with Gasteiger partial charge in [-0.1, -0.05) is 37.3 Å². The first-order chi connectivity index (χ1) is 12.1. The van der Waals surface area contributed by atoms with Gasteiger partial charge in [-0.15, -0.1) is 0 Å². The van der Waals surface area contributed by atoms with Crippen molar-refractivity contribution in [2.45, 2.75) is 32.9 Å². The molecule has 1 aliphatic rings. The number of amides is 2. The fraction of sp³-hybridized carbons (Fsp3) is 0.421. The number of hydrogen-bond acceptors (Lipinski definition) is 3. The van der Waals surface area contributed by atoms with Crippen LogP contribution < -0.4 is 0 Å². The smallest absolute Gasteiger partial charge is 0.274 e. The Labute approximate surface area is 148 Å². The Balaban J connectivity index is 1.86. The summed E-state index contributed by atoms with van der Waals surface area (Å²) in [6.07, 6.45) is 2.82. The van der Waals surface area contributed by atoms with E-state index in [1.807, 2.05) is 41.4 Å². The number of rotatable bonds is 4. The van der Waals surface area contributed by atoms with Crippen molar-refractivity contribution < 1.29 is 9.59 Å². The van der Waals surface area contributed by atoms with Crippen LogP contribution in [0.2, 0.25) is 0 Å². The van der Waals surface area contributed by atoms with Gasteiger partial charge in [-0.2, -0.15) is 5.10 Å². The second-order valence-electron chi connectivity index (χ2n) is 6.35. The van der Waals surface area contributed by atoms with Crippen LogP contribution in [0.3, 0.4) is 0 Å². The summed E-state index contributed by atoms with van der Waals surface area (Å²) in [5.41, 5.74) is 1.50. The summed E-state index contributed by atoms with van der Waals surface area (Å²) >= 11 is 0. The van der Waals surface area contributed by atoms with Crippen molar-refractivity contribution in [2.75, 3.05) is 19.6 Å². The molecule has 1 aromatic carbocycles. The summed E-state index contributed by atoms with van der Waals surface area (Å²) < 4.78 is 1.80. The third-order valence-corrected chi connectivity index (χ3v) is 4.58. The van der Waals surface area contributed by atoms with Gasteiger partial charge in [0.1, 0.15) is 5.69 Å². The molecule has 1 fully saturated rings. The van der Waals surface area contributed by atoms with Crippen LogP contribution in [0.15, 0.2) is 42.6 Å². The average Bonchev–Trinajstić information content (AvgIpc) is 3.10. The second kappa shape index (κ2) is 7.51. The molecule has 1 saturated heterocycles. The molecule has 1 aliphatic heterocycles. The minimum atomic E-state index is -0.150. The largest absolute Gasteiger partial charge is 0.339 e. The van der Waals surface area contributed by atoms with Crippen LogP contribution in [-0.4, -0.2) is 51.0 Å². The molecule has 6 nitrogen and oxygen atoms in total. The van der Waals surface area contributed by atoms with E-state index in [0.29, 0.717) is 25.3 Å². The van der Waals surface area contributed by atoms with Crippen LogP contribution in [0.4, 0.5) is 0 Å². The lowest BCUT2D eigenvalue weighted by molar-refractivity contribution is -0.131. The monoisotopic (exact) mass is 340 g/mol. The van der Waals surface area contributed by atoms with E-state index in [9.17, 15) is 9.59 Å². The van der Waals surface area contributed by atoms with E-state index in [4.69, 9.17) is 0 Å². The van der Waals surface area contributed by atoms with Crippen molar-refractivity contribution in [3.05, 3.63) is 53.9 Å². The van der Waals surface area contributed by atoms with Crippen LogP contribution in [0, 0.1) is 0 Å². The molecular formula is C19H24N4O2. The van der Waals surface area contributed by atoms with Gasteiger partial charge in [0.2, 0.25) is 5.91 Å². The Hall–Kier alpha value is -2.63. The molecule has 2 heterocycles. The molecule has 0 spiro atoms. The normalized spacial score (nSPS) is 17.6. The number of benzene rings is 1. The second-order valence-corrected chi connectivity index (χ2v) is 6.35. The highest BCUT2D eigenvalue weighted by molar-refractivity contribution is 5.92. The van der Waals surface area contributed by atoms with Crippen molar-refractivity contribution in [3.8, 4) is 0 Å². The van der Waals surface area contributed by atoms with Crippen LogP contribution in [0.1, 0.15) is 42.4 Å². The maximum Gasteiger partial charge on any atom is 0.274 e. The predicted molar refractivity (Wildman–Crippen MR) is 95.0 cm³/mol. The van der Waals surface area contributed by atoms with E-state index in [1.165, 1.54) is 0 Å². The van der Waals surface area contributed by atoms with E-state index in [-0.39, 0.29) is 17.9 Å². The standard InChI is InChI=1S/C19H24N4O2/c1-3-10-22-11-9-17(20-22)19(25)23-13-12-21(15(2)24)14-18(23)16-7-5-4-6-8-16/h4-9,11,18H,3,10,12-14H2,1-2H3/t18-/m0/s1. The van der Waals surface area contributed by atoms with Crippen LogP contribution in [0.5, 0.6) is 0 Å². The molecule has 0 N–H and O–H groups in total. The highest BCUT2D eigenvalue weighted by atomic mass is 16.2. The summed E-state index contributed by atoms with van der Waals surface area (Å²) in [6.45, 7) is 6.04. The Morgan fingerprint density at radius 1 is 1.16 bits per heavy atom. The first-order valence-corrected chi connectivity index (χ1v) is 8.75. The number of carbonyl (C=O) groups excluding carboxylic acids is 2. The fourth-order valence-electron chi connectivity index (χ4n) is 3.25. The van der Waals surface area contributed by atoms with Crippen molar-refractivity contribution in [2.24, 2.45) is 0 Å². The van der Waals surface area contributed by atoms with Crippen LogP contribution >= 0.6 is 0 Å². The van der Waals surface area contributed by atoms with E-state index in [2.05, 4.69) is 12.0 Å². The Morgan fingerprint density at radius 2 is 1.92 bits per heavy atom. The quantitative estimate of drug-likeness (QED) is 0.858. The Kier molecular flexibility index (Phi) is 5.16. The SMILES string of the molecule is CCCn1ccc(C(=O)N2CCN(C(C)=O)C[C@H]2c2ccccc2)n1. The lowest BCUT2D eigenvalue weighted by Crippen LogP contribution is -2.52. The molecule has 0 aliphatic carbocycles. The topological polar surface area (TPSA) is 58.4 Å². The molecule has 1 aromatic heterocycles. The molecule has 25 heavy (non-hydrogen) atoms. The van der Waals surface area contributed by atoms with Gasteiger partial charge in [0.05, 0.1) is 6.04 Å². The van der Waals surface area contributed by atoms with E-state index in [1.54, 1.807) is 22.6 Å². The highest BCUT2D eigenvalue weighted by Crippen LogP contribution is 2.27. The molecule has 2 amide bonds. The number of piperazine rings is 1. The van der Waals surface area contributed by atoms with Crippen LogP contribution in [0.25, 0.3) is 0 Å². The minimum Gasteiger partial charge on any atom is -0.339 e. The van der Waals surface area contributed by atoms with Gasteiger partial charge in [-0.25, -0.2) is 0 Å². The molecule has 6 heteroatoms. The van der Waals surface area contributed by atoms with Gasteiger partial charge in [0.25, 0.3) is 5.91 Å². The maximum atomic E-state index is 13.0. The van der Waals surface area contributed by atoms with E-state index < -0.39 is 0 Å². The summed E-state index contributed by atoms with van der Waals surface area (Å²) in [4.78, 5) is 28.5. The molecule has 132 valence electrons. The number of carbonyl (C=O) groups is 2. The molecule has 0 unspecified atom stereocenters. The zero-order chi connectivity index (χ0) is 17.8. The van der Waals surface area contributed by atoms with E-state index in [0.717, 1.165) is 18.5 Å². The summed E-state index contributed by atoms with van der Waals surface area (Å²) in [5.74, 6) is -0.0350. The zero-order valence-corrected chi connectivity index (χ0v) is 14.8. The van der Waals surface area contributed by atoms with Crippen molar-refractivity contribution in [1.82, 2.24) is 19.6 Å². The molecular weight excluding hydrogens is 316 g/mol. The molecule has 0 saturated carbocycles. The number of aryl methyl sites for hydroxylation is 1. The third kappa shape index (κ3) is 3.73. The predicted octanol–water partition coefficient (Wildman–Crippen LogP) is 2.34. The fourth-order valence-corrected chi connectivity index (χ4v) is 3.25. The van der Waals surface area contributed by atoms with Gasteiger partial charge in [0.15, 0.2) is 0 Å². The maximum absolute atomic E-state index is 13.0. The summed E-state index contributed by atoms with van der Waals surface area (Å²) in [7, 11) is 0. The molecule has 3 rings (SSSR count). The van der Waals surface area contributed by atoms with E-state index >= 15 is 0 Å². The number of aromatic nitrogens is 2. The van der Waals surface area contributed by atoms with Gasteiger partial charge in [0, 0.05) is 39.3 Å². The first kappa shape index (κ1) is 17.2. The van der Waals surface area contributed by atoms with Crippen molar-refractivity contribution in [1.29, 1.82) is 0 Å². The van der Waals surface area contributed by atoms with Crippen molar-refractivity contribution in [3.63, 3.8) is 0 Å². The van der Waals surface area contributed by atoms with Crippen molar-refractivity contribution >= 4 is 11.8 Å². The number of nitrogens with zero attached hydrogens (tertiary/aromatic N) is 4. The third-order valence-electron chi connectivity index (χ3n) is 4.58. The van der Waals surface area contributed by atoms with Gasteiger partial charge < -0.3 is 9.80 Å². The number of hydrogen-bond donors (Lipinski definition) is 0. The van der Waals surface area contributed by atoms with Gasteiger partial charge >= 0.3 is 0 Å². The first-order valence-electron chi connectivity index (χ1n) is 8.75. The molecule has 1 atom stereocenters. The molecule has 0 radical (unpaired) electrons. The van der Waals surface area contributed by atoms with Gasteiger partial charge in [-0.3, -0.25) is 14.3 Å². The highest BCUT2D eigenvalue weighted by Gasteiger charge is 2.33. The van der Waals surface area contributed by atoms with Crippen LogP contribution in [-0.2, 0) is 11.3 Å². The summed E-state index contributed by atoms with van der Waals surface area (Å²) in [6, 6.07) is 11.5. The average molecular weight is 340 g/mol. The van der Waals surface area contributed by atoms with Gasteiger partial charge in [-0.05, 0) is 18.1 Å².